The van der Waals surface area contributed by atoms with E-state index in [2.05, 4.69) is 25.5 Å². The first-order valence-electron chi connectivity index (χ1n) is 13.5. The number of benzene rings is 2. The van der Waals surface area contributed by atoms with Crippen LogP contribution in [0.2, 0.25) is 10.0 Å². The highest BCUT2D eigenvalue weighted by Gasteiger charge is 2.20. The summed E-state index contributed by atoms with van der Waals surface area (Å²) in [4.78, 5) is 49.3. The number of hydrogen-bond donors (Lipinski definition) is 1. The van der Waals surface area contributed by atoms with E-state index in [9.17, 15) is 23.2 Å². The van der Waals surface area contributed by atoms with Gasteiger partial charge in [0.25, 0.3) is 0 Å². The van der Waals surface area contributed by atoms with Crippen molar-refractivity contribution in [1.29, 1.82) is 0 Å². The zero-order chi connectivity index (χ0) is 31.8. The predicted octanol–water partition coefficient (Wildman–Crippen LogP) is 2.17. The van der Waals surface area contributed by atoms with E-state index in [0.29, 0.717) is 37.2 Å². The van der Waals surface area contributed by atoms with Gasteiger partial charge in [0.1, 0.15) is 12.9 Å². The molecule has 6 rings (SSSR count). The Bertz CT molecular complexity index is 2030. The summed E-state index contributed by atoms with van der Waals surface area (Å²) < 4.78 is 38.2. The second-order valence-electron chi connectivity index (χ2n) is 10.2. The number of halogens is 4. The highest BCUT2D eigenvalue weighted by atomic mass is 35.5. The van der Waals surface area contributed by atoms with Crippen molar-refractivity contribution in [3.05, 3.63) is 90.8 Å². The quantitative estimate of drug-likeness (QED) is 0.247. The fourth-order valence-corrected chi connectivity index (χ4v) is 5.26. The van der Waals surface area contributed by atoms with E-state index in [1.54, 1.807) is 30.3 Å². The maximum absolute atomic E-state index is 14.2. The smallest absolute Gasteiger partial charge is 0.355 e. The Hall–Kier alpha value is -4.67. The number of fused-ring (bicyclic) bond motifs is 1. The van der Waals surface area contributed by atoms with Crippen LogP contribution in [-0.4, -0.2) is 75.8 Å². The van der Waals surface area contributed by atoms with Crippen LogP contribution in [0.1, 0.15) is 11.4 Å². The number of aryl methyl sites for hydroxylation is 1. The molecule has 2 aromatic carbocycles. The van der Waals surface area contributed by atoms with Gasteiger partial charge in [-0.25, -0.2) is 27.9 Å². The summed E-state index contributed by atoms with van der Waals surface area (Å²) in [5, 5.41) is 11.8. The lowest BCUT2D eigenvalue weighted by Crippen LogP contribution is -2.43. The third-order valence-electron chi connectivity index (χ3n) is 7.03. The standard InChI is InChI=1S/C27H24Cl2F2N10O4/c1-37-14-32-22(36-37)12-41-26(43)34-25(40(27(41)44)10-15-6-18(29)24(31)19(30)7-15)33-21-8-16-11-39(35-20(16)9-17(21)28)13-23(42)38-2-4-45-5-3-38/h6-9,11,14H,2-5,10,12-13H2,1H3,(H,33,34,43). The van der Waals surface area contributed by atoms with Crippen LogP contribution in [0.4, 0.5) is 20.4 Å². The Balaban J connectivity index is 1.36. The molecule has 0 saturated carbocycles. The van der Waals surface area contributed by atoms with Crippen LogP contribution >= 0.6 is 23.2 Å². The second-order valence-corrected chi connectivity index (χ2v) is 11.0. The maximum Gasteiger partial charge on any atom is 0.355 e. The Kier molecular flexibility index (Phi) is 8.35. The highest BCUT2D eigenvalue weighted by Crippen LogP contribution is 2.30. The summed E-state index contributed by atoms with van der Waals surface area (Å²) in [6.45, 7) is 1.33. The van der Waals surface area contributed by atoms with E-state index in [0.717, 1.165) is 21.3 Å². The average molecular weight is 661 g/mol. The minimum atomic E-state index is -1.23. The first-order chi connectivity index (χ1) is 21.5. The number of anilines is 2. The van der Waals surface area contributed by atoms with Crippen molar-refractivity contribution in [1.82, 2.24) is 43.6 Å². The largest absolute Gasteiger partial charge is 0.378 e. The molecule has 234 valence electrons. The van der Waals surface area contributed by atoms with Crippen molar-refractivity contribution in [3.63, 3.8) is 0 Å². The molecule has 0 unspecified atom stereocenters. The average Bonchev–Trinajstić information content (AvgIpc) is 3.60. The number of morpholine rings is 1. The van der Waals surface area contributed by atoms with Crippen molar-refractivity contribution in [2.75, 3.05) is 31.6 Å². The maximum atomic E-state index is 14.2. The van der Waals surface area contributed by atoms with E-state index in [-0.39, 0.29) is 53.6 Å². The normalized spacial score (nSPS) is 13.5. The molecule has 1 saturated heterocycles. The monoisotopic (exact) mass is 660 g/mol. The van der Waals surface area contributed by atoms with Gasteiger partial charge in [-0.15, -0.1) is 0 Å². The summed E-state index contributed by atoms with van der Waals surface area (Å²) in [6, 6.07) is 5.23. The van der Waals surface area contributed by atoms with Crippen LogP contribution in [-0.2, 0) is 36.2 Å². The molecule has 45 heavy (non-hydrogen) atoms. The summed E-state index contributed by atoms with van der Waals surface area (Å²) in [7, 11) is 1.63. The number of rotatable bonds is 8. The molecular weight excluding hydrogens is 637 g/mol. The lowest BCUT2D eigenvalue weighted by atomic mass is 10.2. The molecule has 1 N–H and O–H groups in total. The van der Waals surface area contributed by atoms with Gasteiger partial charge in [-0.2, -0.15) is 15.2 Å². The van der Waals surface area contributed by atoms with E-state index in [1.165, 1.54) is 15.7 Å². The molecule has 5 aromatic rings. The summed E-state index contributed by atoms with van der Waals surface area (Å²) in [5.41, 5.74) is -0.866. The zero-order valence-electron chi connectivity index (χ0n) is 23.6. The predicted molar refractivity (Wildman–Crippen MR) is 159 cm³/mol. The Morgan fingerprint density at radius 3 is 2.51 bits per heavy atom. The topological polar surface area (TPSA) is 147 Å². The minimum absolute atomic E-state index is 0.0102. The van der Waals surface area contributed by atoms with E-state index in [1.807, 2.05) is 0 Å². The van der Waals surface area contributed by atoms with Crippen molar-refractivity contribution in [3.8, 4) is 0 Å². The van der Waals surface area contributed by atoms with E-state index >= 15 is 0 Å². The van der Waals surface area contributed by atoms with Gasteiger partial charge in [-0.3, -0.25) is 18.7 Å². The van der Waals surface area contributed by atoms with Crippen LogP contribution in [0.25, 0.3) is 10.9 Å². The minimum Gasteiger partial charge on any atom is -0.378 e. The number of nitrogens with zero attached hydrogens (tertiary/aromatic N) is 9. The number of ether oxygens (including phenoxy) is 1. The molecule has 1 aliphatic rings. The molecular formula is C27H24Cl2F2N10O4. The fraction of sp³-hybridized carbons (Fsp3) is 0.296. The Morgan fingerprint density at radius 1 is 1.02 bits per heavy atom. The lowest BCUT2D eigenvalue weighted by Gasteiger charge is -2.26. The van der Waals surface area contributed by atoms with Crippen LogP contribution in [0.3, 0.4) is 0 Å². The van der Waals surface area contributed by atoms with Crippen molar-refractivity contribution in [2.45, 2.75) is 19.6 Å². The summed E-state index contributed by atoms with van der Waals surface area (Å²) in [5.74, 6) is -2.60. The van der Waals surface area contributed by atoms with Gasteiger partial charge in [0.15, 0.2) is 17.5 Å². The van der Waals surface area contributed by atoms with Crippen molar-refractivity contribution < 1.29 is 18.3 Å². The number of amides is 1. The molecule has 18 heteroatoms. The number of carbonyl (C=O) groups is 1. The zero-order valence-corrected chi connectivity index (χ0v) is 25.1. The van der Waals surface area contributed by atoms with Crippen LogP contribution in [0.15, 0.2) is 46.4 Å². The number of nitrogens with one attached hydrogen (secondary N) is 1. The molecule has 0 atom stereocenters. The van der Waals surface area contributed by atoms with Gasteiger partial charge in [-0.05, 0) is 29.8 Å². The van der Waals surface area contributed by atoms with Crippen molar-refractivity contribution >= 4 is 51.6 Å². The molecule has 1 fully saturated rings. The third-order valence-corrected chi connectivity index (χ3v) is 7.62. The second kappa shape index (κ2) is 12.4. The van der Waals surface area contributed by atoms with Crippen LogP contribution in [0, 0.1) is 11.6 Å². The van der Waals surface area contributed by atoms with Gasteiger partial charge >= 0.3 is 11.4 Å². The molecule has 4 heterocycles. The molecule has 3 aromatic heterocycles. The first-order valence-corrected chi connectivity index (χ1v) is 14.3. The summed E-state index contributed by atoms with van der Waals surface area (Å²) in [6.07, 6.45) is 3.07. The van der Waals surface area contributed by atoms with Gasteiger partial charge in [0, 0.05) is 31.7 Å². The molecule has 0 radical (unpaired) electrons. The lowest BCUT2D eigenvalue weighted by molar-refractivity contribution is -0.136. The van der Waals surface area contributed by atoms with Gasteiger partial charge in [0.05, 0.1) is 47.6 Å². The fourth-order valence-electron chi connectivity index (χ4n) is 4.83. The van der Waals surface area contributed by atoms with Gasteiger partial charge in [0.2, 0.25) is 11.9 Å². The number of aromatic nitrogens is 8. The number of hydrogen-bond acceptors (Lipinski definition) is 9. The Morgan fingerprint density at radius 2 is 1.80 bits per heavy atom. The molecule has 0 spiro atoms. The van der Waals surface area contributed by atoms with Crippen LogP contribution < -0.4 is 16.7 Å². The molecule has 1 aliphatic heterocycles. The van der Waals surface area contributed by atoms with E-state index in [4.69, 9.17) is 27.9 Å². The third kappa shape index (κ3) is 6.43. The highest BCUT2D eigenvalue weighted by molar-refractivity contribution is 6.34. The molecule has 0 aliphatic carbocycles. The van der Waals surface area contributed by atoms with Crippen LogP contribution in [0.5, 0.6) is 0 Å². The van der Waals surface area contributed by atoms with E-state index < -0.39 is 28.0 Å². The SMILES string of the molecule is Cn1cnc(Cn2c(=O)nc(Nc3cc4cn(CC(=O)N5CCOCC5)nc4cc3Cl)n(Cc3cc(F)c(F)c(Cl)c3)c2=O)n1. The molecule has 1 amide bonds. The summed E-state index contributed by atoms with van der Waals surface area (Å²) >= 11 is 12.4. The Labute approximate surface area is 262 Å². The van der Waals surface area contributed by atoms with Gasteiger partial charge < -0.3 is 15.0 Å². The first kappa shape index (κ1) is 30.4. The number of carbonyl (C=O) groups excluding carboxylic acids is 1. The van der Waals surface area contributed by atoms with Crippen molar-refractivity contribution in [2.24, 2.45) is 7.05 Å². The molecule has 0 bridgehead atoms. The molecule has 14 nitrogen and oxygen atoms in total. The van der Waals surface area contributed by atoms with Gasteiger partial charge in [-0.1, -0.05) is 23.2 Å².